The number of hydrogen-bond donors (Lipinski definition) is 0. The summed E-state index contributed by atoms with van der Waals surface area (Å²) >= 11 is 0. The van der Waals surface area contributed by atoms with Crippen molar-refractivity contribution >= 4 is 5.78 Å². The van der Waals surface area contributed by atoms with Crippen LogP contribution >= 0.6 is 0 Å². The fraction of sp³-hybridized carbons (Fsp3) is 0.214. The Kier molecular flexibility index (Phi) is 3.09. The first kappa shape index (κ1) is 11.6. The number of carbonyl (C=O) groups is 1. The Morgan fingerprint density at radius 3 is 2.82 bits per heavy atom. The van der Waals surface area contributed by atoms with Gasteiger partial charge in [-0.15, -0.1) is 0 Å². The van der Waals surface area contributed by atoms with Gasteiger partial charge in [-0.1, -0.05) is 6.07 Å². The van der Waals surface area contributed by atoms with E-state index in [1.165, 1.54) is 19.1 Å². The molecule has 88 valence electrons. The highest BCUT2D eigenvalue weighted by molar-refractivity contribution is 5.92. The molecule has 1 heterocycles. The highest BCUT2D eigenvalue weighted by Crippen LogP contribution is 2.14. The molecule has 0 spiro atoms. The van der Waals surface area contributed by atoms with Gasteiger partial charge in [-0.3, -0.25) is 4.79 Å². The van der Waals surface area contributed by atoms with Gasteiger partial charge >= 0.3 is 0 Å². The molecule has 0 radical (unpaired) electrons. The molecule has 0 aliphatic rings. The van der Waals surface area contributed by atoms with Gasteiger partial charge in [0.2, 0.25) is 0 Å². The minimum absolute atomic E-state index is 0.0176. The number of Topliss-reactive ketones (excluding diaryl/α,β-unsaturated/α-hetero) is 1. The van der Waals surface area contributed by atoms with Crippen LogP contribution in [0.4, 0.5) is 4.39 Å². The first-order valence-electron chi connectivity index (χ1n) is 5.49. The van der Waals surface area contributed by atoms with Crippen LogP contribution in [0.1, 0.15) is 28.5 Å². The third-order valence-electron chi connectivity index (χ3n) is 2.84. The summed E-state index contributed by atoms with van der Waals surface area (Å²) < 4.78 is 15.0. The number of rotatable bonds is 3. The molecule has 3 heteroatoms. The minimum atomic E-state index is -0.248. The predicted molar refractivity (Wildman–Crippen MR) is 64.7 cm³/mol. The van der Waals surface area contributed by atoms with Gasteiger partial charge in [-0.25, -0.2) is 4.39 Å². The maximum Gasteiger partial charge on any atom is 0.176 e. The Morgan fingerprint density at radius 2 is 2.12 bits per heavy atom. The molecule has 0 amide bonds. The third-order valence-corrected chi connectivity index (χ3v) is 2.84. The maximum absolute atomic E-state index is 13.2. The van der Waals surface area contributed by atoms with E-state index in [0.29, 0.717) is 12.2 Å². The third kappa shape index (κ3) is 2.44. The molecule has 2 aromatic rings. The normalized spacial score (nSPS) is 10.5. The van der Waals surface area contributed by atoms with Crippen molar-refractivity contribution in [1.82, 2.24) is 4.57 Å². The van der Waals surface area contributed by atoms with Crippen LogP contribution in [-0.4, -0.2) is 10.4 Å². The fourth-order valence-electron chi connectivity index (χ4n) is 1.87. The molecule has 0 aliphatic carbocycles. The Balaban J connectivity index is 2.34. The standard InChI is InChI=1S/C14H14FNO/c1-10-5-6-13(15)8-12(10)9-16-7-3-4-14(16)11(2)17/h3-8H,9H2,1-2H3. The zero-order valence-corrected chi connectivity index (χ0v) is 9.90. The SMILES string of the molecule is CC(=O)c1cccn1Cc1cc(F)ccc1C. The summed E-state index contributed by atoms with van der Waals surface area (Å²) in [6.45, 7) is 3.99. The van der Waals surface area contributed by atoms with E-state index in [0.717, 1.165) is 11.1 Å². The van der Waals surface area contributed by atoms with Crippen LogP contribution in [-0.2, 0) is 6.54 Å². The van der Waals surface area contributed by atoms with Crippen LogP contribution in [0.5, 0.6) is 0 Å². The summed E-state index contributed by atoms with van der Waals surface area (Å²) in [4.78, 5) is 11.4. The monoisotopic (exact) mass is 231 g/mol. The first-order valence-corrected chi connectivity index (χ1v) is 5.49. The predicted octanol–water partition coefficient (Wildman–Crippen LogP) is 3.19. The maximum atomic E-state index is 13.2. The Labute approximate surface area is 99.7 Å². The van der Waals surface area contributed by atoms with E-state index < -0.39 is 0 Å². The smallest absolute Gasteiger partial charge is 0.176 e. The minimum Gasteiger partial charge on any atom is -0.341 e. The van der Waals surface area contributed by atoms with E-state index in [2.05, 4.69) is 0 Å². The molecule has 1 aromatic heterocycles. The van der Waals surface area contributed by atoms with Crippen molar-refractivity contribution in [2.45, 2.75) is 20.4 Å². The lowest BCUT2D eigenvalue weighted by molar-refractivity contribution is 0.100. The summed E-state index contributed by atoms with van der Waals surface area (Å²) in [6.07, 6.45) is 1.83. The van der Waals surface area contributed by atoms with Crippen LogP contribution < -0.4 is 0 Å². The van der Waals surface area contributed by atoms with Crippen molar-refractivity contribution in [3.8, 4) is 0 Å². The molecule has 2 rings (SSSR count). The van der Waals surface area contributed by atoms with E-state index in [-0.39, 0.29) is 11.6 Å². The number of carbonyl (C=O) groups excluding carboxylic acids is 1. The van der Waals surface area contributed by atoms with E-state index in [1.807, 2.05) is 23.8 Å². The van der Waals surface area contributed by atoms with Crippen molar-refractivity contribution in [1.29, 1.82) is 0 Å². The number of halogens is 1. The van der Waals surface area contributed by atoms with Gasteiger partial charge in [-0.2, -0.15) is 0 Å². The van der Waals surface area contributed by atoms with Gasteiger partial charge in [0.25, 0.3) is 0 Å². The number of hydrogen-bond acceptors (Lipinski definition) is 1. The summed E-state index contributed by atoms with van der Waals surface area (Å²) in [6, 6.07) is 8.31. The molecule has 0 unspecified atom stereocenters. The Morgan fingerprint density at radius 1 is 1.35 bits per heavy atom. The number of nitrogens with zero attached hydrogens (tertiary/aromatic N) is 1. The zero-order chi connectivity index (χ0) is 12.4. The van der Waals surface area contributed by atoms with E-state index in [4.69, 9.17) is 0 Å². The summed E-state index contributed by atoms with van der Waals surface area (Å²) in [7, 11) is 0. The summed E-state index contributed by atoms with van der Waals surface area (Å²) in [5.41, 5.74) is 2.56. The van der Waals surface area contributed by atoms with Crippen LogP contribution in [0.25, 0.3) is 0 Å². The van der Waals surface area contributed by atoms with Crippen molar-refractivity contribution in [3.05, 3.63) is 59.2 Å². The lowest BCUT2D eigenvalue weighted by Crippen LogP contribution is -2.07. The molecule has 0 saturated carbocycles. The molecule has 0 atom stereocenters. The van der Waals surface area contributed by atoms with Gasteiger partial charge in [-0.05, 0) is 42.3 Å². The van der Waals surface area contributed by atoms with Gasteiger partial charge in [0, 0.05) is 19.7 Å². The molecule has 17 heavy (non-hydrogen) atoms. The Hall–Kier alpha value is -1.90. The molecule has 2 nitrogen and oxygen atoms in total. The lowest BCUT2D eigenvalue weighted by atomic mass is 10.1. The topological polar surface area (TPSA) is 22.0 Å². The zero-order valence-electron chi connectivity index (χ0n) is 9.90. The second-order valence-electron chi connectivity index (χ2n) is 4.15. The van der Waals surface area contributed by atoms with Crippen LogP contribution in [0.3, 0.4) is 0 Å². The summed E-state index contributed by atoms with van der Waals surface area (Å²) in [5.74, 6) is -0.230. The van der Waals surface area contributed by atoms with Crippen LogP contribution in [0.2, 0.25) is 0 Å². The van der Waals surface area contributed by atoms with Crippen molar-refractivity contribution in [3.63, 3.8) is 0 Å². The molecule has 0 saturated heterocycles. The quantitative estimate of drug-likeness (QED) is 0.743. The van der Waals surface area contributed by atoms with E-state index in [1.54, 1.807) is 12.1 Å². The number of benzene rings is 1. The highest BCUT2D eigenvalue weighted by Gasteiger charge is 2.07. The molecule has 0 aliphatic heterocycles. The van der Waals surface area contributed by atoms with E-state index >= 15 is 0 Å². The average molecular weight is 231 g/mol. The fourth-order valence-corrected chi connectivity index (χ4v) is 1.87. The molecule has 0 N–H and O–H groups in total. The number of aryl methyl sites for hydroxylation is 1. The highest BCUT2D eigenvalue weighted by atomic mass is 19.1. The molecular weight excluding hydrogens is 217 g/mol. The first-order chi connectivity index (χ1) is 8.08. The van der Waals surface area contributed by atoms with Crippen molar-refractivity contribution in [2.24, 2.45) is 0 Å². The van der Waals surface area contributed by atoms with E-state index in [9.17, 15) is 9.18 Å². The Bertz CT molecular complexity index is 557. The number of aromatic nitrogens is 1. The summed E-state index contributed by atoms with van der Waals surface area (Å²) in [5, 5.41) is 0. The van der Waals surface area contributed by atoms with Crippen LogP contribution in [0, 0.1) is 12.7 Å². The van der Waals surface area contributed by atoms with Crippen LogP contribution in [0.15, 0.2) is 36.5 Å². The molecule has 0 bridgehead atoms. The van der Waals surface area contributed by atoms with Gasteiger partial charge in [0.05, 0.1) is 5.69 Å². The van der Waals surface area contributed by atoms with Gasteiger partial charge in [0.1, 0.15) is 5.82 Å². The van der Waals surface area contributed by atoms with Crippen molar-refractivity contribution in [2.75, 3.05) is 0 Å². The second kappa shape index (κ2) is 4.53. The lowest BCUT2D eigenvalue weighted by Gasteiger charge is -2.10. The van der Waals surface area contributed by atoms with Gasteiger partial charge in [0.15, 0.2) is 5.78 Å². The van der Waals surface area contributed by atoms with Crippen molar-refractivity contribution < 1.29 is 9.18 Å². The molecule has 0 fully saturated rings. The number of ketones is 1. The molecule has 1 aromatic carbocycles. The molecular formula is C14H14FNO. The average Bonchev–Trinajstić information content (AvgIpc) is 2.71. The second-order valence-corrected chi connectivity index (χ2v) is 4.15. The largest absolute Gasteiger partial charge is 0.341 e. The van der Waals surface area contributed by atoms with Gasteiger partial charge < -0.3 is 4.57 Å².